The summed E-state index contributed by atoms with van der Waals surface area (Å²) in [4.78, 5) is 27.0. The Hall–Kier alpha value is -3.96. The summed E-state index contributed by atoms with van der Waals surface area (Å²) >= 11 is 1.35. The van der Waals surface area contributed by atoms with Gasteiger partial charge in [-0.3, -0.25) is 4.79 Å². The Morgan fingerprint density at radius 3 is 2.43 bits per heavy atom. The standard InChI is InChI=1S/C22H17N3O4S/c1-14(26)29-19-9-5-15(6-10-19)20-13-30-21(25-20)17(11-23)12-24-18-7-3-16(4-8-18)22(27)28-2/h3-10,12-13,24H,1-2H3/b17-12+. The highest BCUT2D eigenvalue weighted by Gasteiger charge is 2.10. The molecule has 0 unspecified atom stereocenters. The lowest BCUT2D eigenvalue weighted by molar-refractivity contribution is -0.131. The molecule has 7 nitrogen and oxygen atoms in total. The van der Waals surface area contributed by atoms with Gasteiger partial charge in [0.1, 0.15) is 22.4 Å². The van der Waals surface area contributed by atoms with E-state index >= 15 is 0 Å². The first kappa shape index (κ1) is 20.8. The van der Waals surface area contributed by atoms with Crippen LogP contribution in [0.1, 0.15) is 22.3 Å². The third-order valence-electron chi connectivity index (χ3n) is 3.96. The Labute approximate surface area is 177 Å². The van der Waals surface area contributed by atoms with E-state index in [-0.39, 0.29) is 5.97 Å². The van der Waals surface area contributed by atoms with E-state index < -0.39 is 5.97 Å². The number of methoxy groups -OCH3 is 1. The van der Waals surface area contributed by atoms with Gasteiger partial charge in [-0.2, -0.15) is 5.26 Å². The van der Waals surface area contributed by atoms with Crippen molar-refractivity contribution in [3.8, 4) is 23.1 Å². The number of carbonyl (C=O) groups is 2. The molecule has 8 heteroatoms. The zero-order valence-corrected chi connectivity index (χ0v) is 17.0. The number of thiazole rings is 1. The van der Waals surface area contributed by atoms with Gasteiger partial charge in [0.2, 0.25) is 0 Å². The van der Waals surface area contributed by atoms with E-state index in [1.165, 1.54) is 25.4 Å². The van der Waals surface area contributed by atoms with Crippen LogP contribution in [0.3, 0.4) is 0 Å². The molecular formula is C22H17N3O4S. The smallest absolute Gasteiger partial charge is 0.337 e. The third kappa shape index (κ3) is 5.10. The highest BCUT2D eigenvalue weighted by atomic mass is 32.1. The molecule has 0 amide bonds. The Bertz CT molecular complexity index is 1130. The van der Waals surface area contributed by atoms with Gasteiger partial charge in [-0.1, -0.05) is 0 Å². The minimum Gasteiger partial charge on any atom is -0.465 e. The summed E-state index contributed by atoms with van der Waals surface area (Å²) in [5.41, 5.74) is 3.09. The second kappa shape index (κ2) is 9.49. The van der Waals surface area contributed by atoms with E-state index in [1.807, 2.05) is 5.38 Å². The van der Waals surface area contributed by atoms with Crippen LogP contribution < -0.4 is 10.1 Å². The first-order valence-electron chi connectivity index (χ1n) is 8.80. The molecule has 30 heavy (non-hydrogen) atoms. The lowest BCUT2D eigenvalue weighted by Crippen LogP contribution is -2.00. The summed E-state index contributed by atoms with van der Waals surface area (Å²) in [6, 6.07) is 15.8. The van der Waals surface area contributed by atoms with Gasteiger partial charge in [-0.25, -0.2) is 9.78 Å². The Kier molecular flexibility index (Phi) is 6.57. The van der Waals surface area contributed by atoms with Crippen molar-refractivity contribution in [1.82, 2.24) is 4.98 Å². The van der Waals surface area contributed by atoms with Crippen molar-refractivity contribution in [2.24, 2.45) is 0 Å². The van der Waals surface area contributed by atoms with Crippen LogP contribution >= 0.6 is 11.3 Å². The number of aromatic nitrogens is 1. The molecule has 0 saturated heterocycles. The monoisotopic (exact) mass is 419 g/mol. The molecule has 0 spiro atoms. The van der Waals surface area contributed by atoms with Crippen molar-refractivity contribution >= 4 is 34.5 Å². The first-order chi connectivity index (χ1) is 14.5. The van der Waals surface area contributed by atoms with Crippen LogP contribution in [-0.4, -0.2) is 24.0 Å². The Morgan fingerprint density at radius 2 is 1.83 bits per heavy atom. The maximum atomic E-state index is 11.5. The van der Waals surface area contributed by atoms with Crippen LogP contribution in [0.5, 0.6) is 5.75 Å². The average molecular weight is 419 g/mol. The van der Waals surface area contributed by atoms with Gasteiger partial charge >= 0.3 is 11.9 Å². The number of nitriles is 1. The molecule has 150 valence electrons. The Balaban J connectivity index is 1.73. The number of ether oxygens (including phenoxy) is 2. The predicted molar refractivity (Wildman–Crippen MR) is 114 cm³/mol. The van der Waals surface area contributed by atoms with Crippen LogP contribution in [0.25, 0.3) is 16.8 Å². The highest BCUT2D eigenvalue weighted by molar-refractivity contribution is 7.11. The normalized spacial score (nSPS) is 10.8. The summed E-state index contributed by atoms with van der Waals surface area (Å²) in [6.07, 6.45) is 1.57. The second-order valence-electron chi connectivity index (χ2n) is 6.04. The molecule has 0 aliphatic rings. The number of hydrogen-bond donors (Lipinski definition) is 1. The summed E-state index contributed by atoms with van der Waals surface area (Å²) in [7, 11) is 1.33. The number of nitrogens with one attached hydrogen (secondary N) is 1. The van der Waals surface area contributed by atoms with Gasteiger partial charge in [0, 0.05) is 29.8 Å². The van der Waals surface area contributed by atoms with Crippen LogP contribution in [0.2, 0.25) is 0 Å². The molecule has 0 aliphatic carbocycles. The topological polar surface area (TPSA) is 101 Å². The molecule has 3 aromatic rings. The number of esters is 2. The first-order valence-corrected chi connectivity index (χ1v) is 9.68. The third-order valence-corrected chi connectivity index (χ3v) is 4.83. The minimum atomic E-state index is -0.411. The second-order valence-corrected chi connectivity index (χ2v) is 6.90. The Morgan fingerprint density at radius 1 is 1.13 bits per heavy atom. The number of hydrogen-bond acceptors (Lipinski definition) is 8. The number of carbonyl (C=O) groups excluding carboxylic acids is 2. The quantitative estimate of drug-likeness (QED) is 0.357. The van der Waals surface area contributed by atoms with Crippen molar-refractivity contribution in [2.45, 2.75) is 6.92 Å². The fraction of sp³-hybridized carbons (Fsp3) is 0.0909. The number of anilines is 1. The fourth-order valence-corrected chi connectivity index (χ4v) is 3.30. The summed E-state index contributed by atoms with van der Waals surface area (Å²) in [5.74, 6) is -0.331. The van der Waals surface area contributed by atoms with Crippen molar-refractivity contribution in [3.05, 3.63) is 70.7 Å². The maximum Gasteiger partial charge on any atom is 0.337 e. The van der Waals surface area contributed by atoms with Crippen molar-refractivity contribution in [3.63, 3.8) is 0 Å². The van der Waals surface area contributed by atoms with Crippen molar-refractivity contribution in [1.29, 1.82) is 5.26 Å². The minimum absolute atomic E-state index is 0.375. The predicted octanol–water partition coefficient (Wildman–Crippen LogP) is 4.50. The molecule has 1 aromatic heterocycles. The van der Waals surface area contributed by atoms with E-state index in [2.05, 4.69) is 21.1 Å². The van der Waals surface area contributed by atoms with E-state index in [9.17, 15) is 14.9 Å². The maximum absolute atomic E-state index is 11.5. The number of allylic oxidation sites excluding steroid dienone is 1. The van der Waals surface area contributed by atoms with Crippen LogP contribution in [0.4, 0.5) is 5.69 Å². The molecule has 0 fully saturated rings. The van der Waals surface area contributed by atoms with E-state index in [4.69, 9.17) is 4.74 Å². The number of nitrogens with zero attached hydrogens (tertiary/aromatic N) is 2. The fourth-order valence-electron chi connectivity index (χ4n) is 2.51. The lowest BCUT2D eigenvalue weighted by Gasteiger charge is -2.03. The molecule has 2 aromatic carbocycles. The number of benzene rings is 2. The van der Waals surface area contributed by atoms with Gasteiger partial charge in [0.25, 0.3) is 0 Å². The zero-order valence-electron chi connectivity index (χ0n) is 16.2. The molecule has 0 saturated carbocycles. The molecule has 0 atom stereocenters. The van der Waals surface area contributed by atoms with E-state index in [1.54, 1.807) is 54.7 Å². The molecule has 0 aliphatic heterocycles. The lowest BCUT2D eigenvalue weighted by atomic mass is 10.2. The van der Waals surface area contributed by atoms with Gasteiger partial charge < -0.3 is 14.8 Å². The van der Waals surface area contributed by atoms with Gasteiger partial charge in [-0.05, 0) is 48.5 Å². The van der Waals surface area contributed by atoms with Crippen LogP contribution in [-0.2, 0) is 9.53 Å². The molecule has 1 heterocycles. The number of rotatable bonds is 6. The van der Waals surface area contributed by atoms with Crippen molar-refractivity contribution < 1.29 is 19.1 Å². The van der Waals surface area contributed by atoms with Gasteiger partial charge in [-0.15, -0.1) is 11.3 Å². The van der Waals surface area contributed by atoms with Crippen LogP contribution in [0.15, 0.2) is 60.1 Å². The van der Waals surface area contributed by atoms with Gasteiger partial charge in [0.15, 0.2) is 0 Å². The molecular weight excluding hydrogens is 402 g/mol. The largest absolute Gasteiger partial charge is 0.465 e. The molecule has 1 N–H and O–H groups in total. The molecule has 3 rings (SSSR count). The SMILES string of the molecule is COC(=O)c1ccc(N/C=C(\C#N)c2nc(-c3ccc(OC(C)=O)cc3)cs2)cc1. The zero-order chi connectivity index (χ0) is 21.5. The van der Waals surface area contributed by atoms with E-state index in [0.717, 1.165) is 5.56 Å². The van der Waals surface area contributed by atoms with Gasteiger partial charge in [0.05, 0.1) is 18.4 Å². The van der Waals surface area contributed by atoms with Crippen molar-refractivity contribution in [2.75, 3.05) is 12.4 Å². The highest BCUT2D eigenvalue weighted by Crippen LogP contribution is 2.27. The summed E-state index contributed by atoms with van der Waals surface area (Å²) < 4.78 is 9.69. The molecule has 0 bridgehead atoms. The van der Waals surface area contributed by atoms with E-state index in [0.29, 0.717) is 33.3 Å². The summed E-state index contributed by atoms with van der Waals surface area (Å²) in [6.45, 7) is 1.35. The summed E-state index contributed by atoms with van der Waals surface area (Å²) in [5, 5.41) is 15.0. The average Bonchev–Trinajstić information content (AvgIpc) is 3.24. The molecule has 0 radical (unpaired) electrons. The van der Waals surface area contributed by atoms with Crippen LogP contribution in [0, 0.1) is 11.3 Å².